The lowest BCUT2D eigenvalue weighted by Crippen LogP contribution is -2.49. The summed E-state index contributed by atoms with van der Waals surface area (Å²) >= 11 is 0. The van der Waals surface area contributed by atoms with Gasteiger partial charge in [-0.2, -0.15) is 0 Å². The van der Waals surface area contributed by atoms with Crippen LogP contribution in [0, 0.1) is 5.92 Å². The van der Waals surface area contributed by atoms with Crippen LogP contribution in [-0.4, -0.2) is 43.0 Å². The van der Waals surface area contributed by atoms with Gasteiger partial charge in [-0.3, -0.25) is 4.79 Å². The Labute approximate surface area is 97.6 Å². The molecule has 0 bridgehead atoms. The molecule has 2 N–H and O–H groups in total. The fourth-order valence-corrected chi connectivity index (χ4v) is 0.962. The third kappa shape index (κ3) is 5.58. The molecule has 94 valence electrons. The fraction of sp³-hybridized carbons (Fsp3) is 0.818. The lowest BCUT2D eigenvalue weighted by atomic mass is 10.2. The molecule has 5 nitrogen and oxygen atoms in total. The largest absolute Gasteiger partial charge is 0.354 e. The first-order valence-corrected chi connectivity index (χ1v) is 5.67. The van der Waals surface area contributed by atoms with Gasteiger partial charge in [0.25, 0.3) is 0 Å². The smallest absolute Gasteiger partial charge is 0.317 e. The number of nitrogens with zero attached hydrogens (tertiary/aromatic N) is 1. The molecule has 0 heterocycles. The summed E-state index contributed by atoms with van der Waals surface area (Å²) in [6.07, 6.45) is 0. The molecule has 16 heavy (non-hydrogen) atoms. The lowest BCUT2D eigenvalue weighted by molar-refractivity contribution is -0.122. The van der Waals surface area contributed by atoms with Gasteiger partial charge >= 0.3 is 6.03 Å². The van der Waals surface area contributed by atoms with Crippen molar-refractivity contribution >= 4 is 11.9 Å². The van der Waals surface area contributed by atoms with E-state index < -0.39 is 6.04 Å². The highest BCUT2D eigenvalue weighted by atomic mass is 16.2. The number of hydrogen-bond donors (Lipinski definition) is 2. The first-order valence-electron chi connectivity index (χ1n) is 5.67. The second-order valence-electron chi connectivity index (χ2n) is 4.32. The van der Waals surface area contributed by atoms with Crippen molar-refractivity contribution in [3.63, 3.8) is 0 Å². The topological polar surface area (TPSA) is 61.4 Å². The molecule has 0 aliphatic rings. The highest BCUT2D eigenvalue weighted by Gasteiger charge is 2.16. The third-order valence-corrected chi connectivity index (χ3v) is 2.24. The molecule has 3 amide bonds. The Balaban J connectivity index is 4.00. The van der Waals surface area contributed by atoms with Crippen molar-refractivity contribution in [1.29, 1.82) is 0 Å². The zero-order chi connectivity index (χ0) is 12.7. The molecule has 0 spiro atoms. The van der Waals surface area contributed by atoms with Crippen LogP contribution in [0.2, 0.25) is 0 Å². The van der Waals surface area contributed by atoms with Crippen LogP contribution in [0.3, 0.4) is 0 Å². The molecule has 1 unspecified atom stereocenters. The molecule has 0 aromatic rings. The number of nitrogens with one attached hydrogen (secondary N) is 2. The van der Waals surface area contributed by atoms with Crippen molar-refractivity contribution in [3.8, 4) is 0 Å². The first kappa shape index (κ1) is 14.7. The summed E-state index contributed by atoms with van der Waals surface area (Å²) in [5.41, 5.74) is 0. The van der Waals surface area contributed by atoms with E-state index in [2.05, 4.69) is 10.6 Å². The van der Waals surface area contributed by atoms with Crippen molar-refractivity contribution in [2.45, 2.75) is 33.7 Å². The van der Waals surface area contributed by atoms with Gasteiger partial charge in [0.2, 0.25) is 5.91 Å². The minimum absolute atomic E-state index is 0.147. The van der Waals surface area contributed by atoms with Gasteiger partial charge in [-0.05, 0) is 19.8 Å². The zero-order valence-electron chi connectivity index (χ0n) is 10.8. The summed E-state index contributed by atoms with van der Waals surface area (Å²) < 4.78 is 0. The van der Waals surface area contributed by atoms with Gasteiger partial charge in [0.15, 0.2) is 0 Å². The Kier molecular flexibility index (Phi) is 6.53. The van der Waals surface area contributed by atoms with Crippen molar-refractivity contribution in [3.05, 3.63) is 0 Å². The van der Waals surface area contributed by atoms with E-state index >= 15 is 0 Å². The molecule has 0 saturated heterocycles. The van der Waals surface area contributed by atoms with E-state index in [1.165, 1.54) is 4.90 Å². The molecular weight excluding hydrogens is 206 g/mol. The number of hydrogen-bond acceptors (Lipinski definition) is 2. The van der Waals surface area contributed by atoms with E-state index in [1.807, 2.05) is 20.8 Å². The molecular formula is C11H23N3O2. The fourth-order valence-electron chi connectivity index (χ4n) is 0.962. The average molecular weight is 229 g/mol. The third-order valence-electron chi connectivity index (χ3n) is 2.24. The quantitative estimate of drug-likeness (QED) is 0.733. The predicted octanol–water partition coefficient (Wildman–Crippen LogP) is 0.808. The summed E-state index contributed by atoms with van der Waals surface area (Å²) in [5.74, 6) is 0.261. The highest BCUT2D eigenvalue weighted by molar-refractivity contribution is 5.86. The maximum absolute atomic E-state index is 11.5. The number of carbonyl (C=O) groups is 2. The summed E-state index contributed by atoms with van der Waals surface area (Å²) in [4.78, 5) is 24.5. The normalized spacial score (nSPS) is 12.1. The van der Waals surface area contributed by atoms with Crippen LogP contribution < -0.4 is 10.6 Å². The van der Waals surface area contributed by atoms with E-state index in [0.29, 0.717) is 19.0 Å². The molecule has 0 radical (unpaired) electrons. The van der Waals surface area contributed by atoms with Crippen LogP contribution in [0.5, 0.6) is 0 Å². The van der Waals surface area contributed by atoms with E-state index in [1.54, 1.807) is 14.0 Å². The average Bonchev–Trinajstić information content (AvgIpc) is 2.24. The second-order valence-corrected chi connectivity index (χ2v) is 4.32. The molecule has 0 aliphatic heterocycles. The summed E-state index contributed by atoms with van der Waals surface area (Å²) in [6, 6.07) is -0.727. The van der Waals surface area contributed by atoms with Gasteiger partial charge < -0.3 is 15.5 Å². The van der Waals surface area contributed by atoms with Crippen LogP contribution in [0.25, 0.3) is 0 Å². The Bertz CT molecular complexity index is 241. The van der Waals surface area contributed by atoms with E-state index in [0.717, 1.165) is 0 Å². The Morgan fingerprint density at radius 2 is 1.81 bits per heavy atom. The number of rotatable bonds is 5. The van der Waals surface area contributed by atoms with E-state index in [-0.39, 0.29) is 11.9 Å². The van der Waals surface area contributed by atoms with Crippen molar-refractivity contribution in [1.82, 2.24) is 15.5 Å². The van der Waals surface area contributed by atoms with Gasteiger partial charge in [0, 0.05) is 20.1 Å². The van der Waals surface area contributed by atoms with Gasteiger partial charge in [-0.15, -0.1) is 0 Å². The van der Waals surface area contributed by atoms with Gasteiger partial charge in [-0.1, -0.05) is 13.8 Å². The number of carbonyl (C=O) groups excluding carboxylic acids is 2. The molecule has 0 aromatic carbocycles. The van der Waals surface area contributed by atoms with Crippen LogP contribution >= 0.6 is 0 Å². The van der Waals surface area contributed by atoms with Gasteiger partial charge in [-0.25, -0.2) is 4.79 Å². The Hall–Kier alpha value is -1.26. The Morgan fingerprint density at radius 3 is 2.25 bits per heavy atom. The monoisotopic (exact) mass is 229 g/mol. The first-order chi connectivity index (χ1) is 7.38. The van der Waals surface area contributed by atoms with Crippen LogP contribution in [0.15, 0.2) is 0 Å². The maximum Gasteiger partial charge on any atom is 0.317 e. The summed E-state index contributed by atoms with van der Waals surface area (Å²) in [7, 11) is 1.69. The molecule has 0 aromatic heterocycles. The molecule has 0 aliphatic carbocycles. The molecule has 0 fully saturated rings. The number of urea groups is 1. The minimum atomic E-state index is -0.500. The standard InChI is InChI=1S/C11H23N3O2/c1-6-14(5)11(16)13-9(4)10(15)12-7-8(2)3/h8-9H,6-7H2,1-5H3,(H,12,15)(H,13,16). The molecule has 0 rings (SSSR count). The van der Waals surface area contributed by atoms with Crippen molar-refractivity contribution < 1.29 is 9.59 Å². The van der Waals surface area contributed by atoms with Crippen molar-refractivity contribution in [2.75, 3.05) is 20.1 Å². The SMILES string of the molecule is CCN(C)C(=O)NC(C)C(=O)NCC(C)C. The second kappa shape index (κ2) is 7.09. The summed E-state index contributed by atoms with van der Waals surface area (Å²) in [6.45, 7) is 8.84. The molecule has 0 saturated carbocycles. The van der Waals surface area contributed by atoms with Crippen LogP contribution in [-0.2, 0) is 4.79 Å². The summed E-state index contributed by atoms with van der Waals surface area (Å²) in [5, 5.41) is 5.40. The molecule has 5 heteroatoms. The van der Waals surface area contributed by atoms with Crippen LogP contribution in [0.1, 0.15) is 27.7 Å². The maximum atomic E-state index is 11.5. The van der Waals surface area contributed by atoms with Crippen molar-refractivity contribution in [2.24, 2.45) is 5.92 Å². The minimum Gasteiger partial charge on any atom is -0.354 e. The van der Waals surface area contributed by atoms with Gasteiger partial charge in [0.1, 0.15) is 6.04 Å². The Morgan fingerprint density at radius 1 is 1.25 bits per heavy atom. The van der Waals surface area contributed by atoms with Gasteiger partial charge in [0.05, 0.1) is 0 Å². The lowest BCUT2D eigenvalue weighted by Gasteiger charge is -2.20. The number of amides is 3. The predicted molar refractivity (Wildman–Crippen MR) is 64.1 cm³/mol. The van der Waals surface area contributed by atoms with E-state index in [9.17, 15) is 9.59 Å². The van der Waals surface area contributed by atoms with Crippen LogP contribution in [0.4, 0.5) is 4.79 Å². The molecule has 1 atom stereocenters. The zero-order valence-corrected chi connectivity index (χ0v) is 10.8. The highest BCUT2D eigenvalue weighted by Crippen LogP contribution is 1.91. The van der Waals surface area contributed by atoms with E-state index in [4.69, 9.17) is 0 Å².